The van der Waals surface area contributed by atoms with Crippen LogP contribution in [0.5, 0.6) is 5.75 Å². The third kappa shape index (κ3) is 2.96. The Morgan fingerprint density at radius 1 is 1.16 bits per heavy atom. The predicted molar refractivity (Wildman–Crippen MR) is 116 cm³/mol. The third-order valence-electron chi connectivity index (χ3n) is 6.40. The van der Waals surface area contributed by atoms with Crippen molar-refractivity contribution in [3.63, 3.8) is 0 Å². The molecule has 2 bridgehead atoms. The van der Waals surface area contributed by atoms with E-state index in [1.807, 2.05) is 19.2 Å². The van der Waals surface area contributed by atoms with Crippen LogP contribution in [0.15, 0.2) is 42.9 Å². The minimum Gasteiger partial charge on any atom is -0.482 e. The molecule has 1 aliphatic carbocycles. The van der Waals surface area contributed by atoms with Gasteiger partial charge in [0.25, 0.3) is 0 Å². The number of anilines is 1. The Hall–Kier alpha value is -3.75. The average molecular weight is 431 g/mol. The lowest BCUT2D eigenvalue weighted by Gasteiger charge is -2.28. The zero-order valence-electron chi connectivity index (χ0n) is 17.6. The summed E-state index contributed by atoms with van der Waals surface area (Å²) in [4.78, 5) is 4.40. The first-order chi connectivity index (χ1) is 15.6. The second kappa shape index (κ2) is 7.15. The zero-order valence-corrected chi connectivity index (χ0v) is 17.6. The maximum Gasteiger partial charge on any atom is 0.166 e. The minimum absolute atomic E-state index is 0.285. The molecule has 2 N–H and O–H groups in total. The normalized spacial score (nSPS) is 17.8. The number of pyridine rings is 1. The fourth-order valence-corrected chi connectivity index (χ4v) is 4.50. The number of hydrogen-bond acceptors (Lipinski definition) is 6. The van der Waals surface area contributed by atoms with Crippen LogP contribution in [-0.2, 0) is 6.42 Å². The van der Waals surface area contributed by atoms with E-state index >= 15 is 0 Å². The molecule has 162 valence electrons. The molecule has 32 heavy (non-hydrogen) atoms. The van der Waals surface area contributed by atoms with E-state index in [-0.39, 0.29) is 11.6 Å². The van der Waals surface area contributed by atoms with Gasteiger partial charge in [-0.2, -0.15) is 5.10 Å². The quantitative estimate of drug-likeness (QED) is 0.489. The summed E-state index contributed by atoms with van der Waals surface area (Å²) in [5.41, 5.74) is 11.3. The lowest BCUT2D eigenvalue weighted by molar-refractivity contribution is 0.226. The van der Waals surface area contributed by atoms with Crippen LogP contribution >= 0.6 is 0 Å². The molecule has 0 spiro atoms. The highest BCUT2D eigenvalue weighted by Crippen LogP contribution is 2.39. The van der Waals surface area contributed by atoms with Crippen molar-refractivity contribution in [2.75, 3.05) is 5.73 Å². The SMILES string of the molecule is C[C@H]1Oc2cc(cnc2N)-c2c(cnn2C2CCC2)Cc2cnnn2-c2ccc(F)cc21. The standard InChI is InChI=1S/C23H22FN7O/c1-13-19-9-16(24)5-6-20(19)30-18(12-27-29-30)7-14-11-28-31(17-3-2-4-17)22(14)15-8-21(32-13)23(25)26-10-15/h5-6,8-13,17H,2-4,7H2,1H3,(H2,25,26)/t13-/m1/s1. The maximum absolute atomic E-state index is 14.2. The first kappa shape index (κ1) is 19.0. The molecule has 0 radical (unpaired) electrons. The highest BCUT2D eigenvalue weighted by molar-refractivity contribution is 5.68. The number of ether oxygens (including phenoxy) is 1. The molecule has 3 aromatic heterocycles. The molecule has 1 atom stereocenters. The van der Waals surface area contributed by atoms with Crippen molar-refractivity contribution >= 4 is 5.82 Å². The van der Waals surface area contributed by atoms with Crippen molar-refractivity contribution in [2.45, 2.75) is 44.8 Å². The lowest BCUT2D eigenvalue weighted by Crippen LogP contribution is -2.19. The third-order valence-corrected chi connectivity index (χ3v) is 6.40. The number of nitrogen functional groups attached to an aromatic ring is 1. The van der Waals surface area contributed by atoms with E-state index in [0.717, 1.165) is 35.4 Å². The van der Waals surface area contributed by atoms with Gasteiger partial charge in [0, 0.05) is 29.3 Å². The van der Waals surface area contributed by atoms with Crippen LogP contribution < -0.4 is 10.5 Å². The van der Waals surface area contributed by atoms with E-state index in [0.29, 0.717) is 29.5 Å². The Balaban J connectivity index is 1.60. The molecule has 8 nitrogen and oxygen atoms in total. The Labute approximate surface area is 183 Å². The van der Waals surface area contributed by atoms with E-state index in [4.69, 9.17) is 15.6 Å². The van der Waals surface area contributed by atoms with Crippen LogP contribution in [0.2, 0.25) is 0 Å². The molecule has 0 unspecified atom stereocenters. The second-order valence-corrected chi connectivity index (χ2v) is 8.43. The van der Waals surface area contributed by atoms with E-state index in [1.165, 1.54) is 18.6 Å². The summed E-state index contributed by atoms with van der Waals surface area (Å²) < 4.78 is 24.3. The molecule has 6 rings (SSSR count). The molecule has 1 aromatic carbocycles. The molecular formula is C23H22FN7O. The van der Waals surface area contributed by atoms with Crippen LogP contribution in [0.4, 0.5) is 10.2 Å². The smallest absolute Gasteiger partial charge is 0.166 e. The summed E-state index contributed by atoms with van der Waals surface area (Å²) in [6, 6.07) is 6.86. The maximum atomic E-state index is 14.2. The van der Waals surface area contributed by atoms with Gasteiger partial charge in [0.2, 0.25) is 0 Å². The summed E-state index contributed by atoms with van der Waals surface area (Å²) in [5, 5.41) is 13.2. The van der Waals surface area contributed by atoms with Gasteiger partial charge in [0.1, 0.15) is 11.9 Å². The van der Waals surface area contributed by atoms with Gasteiger partial charge in [0.15, 0.2) is 11.6 Å². The highest BCUT2D eigenvalue weighted by atomic mass is 19.1. The molecule has 4 heterocycles. The minimum atomic E-state index is -0.493. The number of fused-ring (bicyclic) bond motifs is 7. The fourth-order valence-electron chi connectivity index (χ4n) is 4.50. The van der Waals surface area contributed by atoms with E-state index in [1.54, 1.807) is 23.1 Å². The van der Waals surface area contributed by atoms with Gasteiger partial charge in [-0.15, -0.1) is 5.10 Å². The summed E-state index contributed by atoms with van der Waals surface area (Å²) >= 11 is 0. The molecule has 1 fully saturated rings. The number of halogens is 1. The largest absolute Gasteiger partial charge is 0.482 e. The second-order valence-electron chi connectivity index (χ2n) is 8.43. The number of nitrogens with two attached hydrogens (primary N) is 1. The zero-order chi connectivity index (χ0) is 21.8. The molecule has 9 heteroatoms. The average Bonchev–Trinajstić information content (AvgIpc) is 3.35. The topological polar surface area (TPSA) is 96.7 Å². The van der Waals surface area contributed by atoms with Crippen LogP contribution in [0, 0.1) is 5.82 Å². The van der Waals surface area contributed by atoms with E-state index in [9.17, 15) is 4.39 Å². The van der Waals surface area contributed by atoms with Crippen LogP contribution in [-0.4, -0.2) is 29.8 Å². The first-order valence-electron chi connectivity index (χ1n) is 10.8. The van der Waals surface area contributed by atoms with Crippen LogP contribution in [0.1, 0.15) is 55.2 Å². The predicted octanol–water partition coefficient (Wildman–Crippen LogP) is 4.02. The van der Waals surface area contributed by atoms with E-state index < -0.39 is 6.10 Å². The lowest BCUT2D eigenvalue weighted by atomic mass is 9.92. The van der Waals surface area contributed by atoms with Gasteiger partial charge < -0.3 is 10.5 Å². The van der Waals surface area contributed by atoms with E-state index in [2.05, 4.69) is 20.0 Å². The Morgan fingerprint density at radius 3 is 2.84 bits per heavy atom. The van der Waals surface area contributed by atoms with Crippen molar-refractivity contribution < 1.29 is 9.13 Å². The Morgan fingerprint density at radius 2 is 2.03 bits per heavy atom. The number of rotatable bonds is 1. The van der Waals surface area contributed by atoms with Crippen molar-refractivity contribution in [3.8, 4) is 22.7 Å². The molecule has 0 amide bonds. The van der Waals surface area contributed by atoms with Crippen molar-refractivity contribution in [2.24, 2.45) is 0 Å². The Bertz CT molecular complexity index is 1320. The Kier molecular flexibility index (Phi) is 4.24. The number of nitrogens with zero attached hydrogens (tertiary/aromatic N) is 6. The molecule has 2 aliphatic rings. The summed E-state index contributed by atoms with van der Waals surface area (Å²) in [6.45, 7) is 1.86. The van der Waals surface area contributed by atoms with Gasteiger partial charge in [-0.25, -0.2) is 14.1 Å². The molecule has 1 saturated carbocycles. The van der Waals surface area contributed by atoms with Gasteiger partial charge in [-0.05, 0) is 50.5 Å². The van der Waals surface area contributed by atoms with Crippen molar-refractivity contribution in [1.82, 2.24) is 29.8 Å². The molecule has 1 aliphatic heterocycles. The molecule has 0 saturated heterocycles. The number of benzene rings is 1. The van der Waals surface area contributed by atoms with Gasteiger partial charge in [-0.3, -0.25) is 4.68 Å². The van der Waals surface area contributed by atoms with Gasteiger partial charge in [0.05, 0.1) is 35.5 Å². The molecule has 4 aromatic rings. The first-order valence-corrected chi connectivity index (χ1v) is 10.8. The number of aromatic nitrogens is 6. The van der Waals surface area contributed by atoms with Gasteiger partial charge in [-0.1, -0.05) is 5.21 Å². The monoisotopic (exact) mass is 431 g/mol. The van der Waals surface area contributed by atoms with Crippen LogP contribution in [0.3, 0.4) is 0 Å². The van der Waals surface area contributed by atoms with Crippen LogP contribution in [0.25, 0.3) is 16.9 Å². The number of hydrogen-bond donors (Lipinski definition) is 1. The van der Waals surface area contributed by atoms with Crippen molar-refractivity contribution in [1.29, 1.82) is 0 Å². The van der Waals surface area contributed by atoms with Crippen molar-refractivity contribution in [3.05, 3.63) is 65.5 Å². The fraction of sp³-hybridized carbons (Fsp3) is 0.304. The molecular weight excluding hydrogens is 409 g/mol. The summed E-state index contributed by atoms with van der Waals surface area (Å²) in [5.74, 6) is 0.391. The summed E-state index contributed by atoms with van der Waals surface area (Å²) in [6.07, 6.45) is 8.90. The van der Waals surface area contributed by atoms with Gasteiger partial charge >= 0.3 is 0 Å². The highest BCUT2D eigenvalue weighted by Gasteiger charge is 2.27. The summed E-state index contributed by atoms with van der Waals surface area (Å²) in [7, 11) is 0.